The Morgan fingerprint density at radius 3 is 1.50 bits per heavy atom. The minimum Gasteiger partial charge on any atom is -0.529 e. The number of hydrogen-bond acceptors (Lipinski definition) is 1. The van der Waals surface area contributed by atoms with Crippen molar-refractivity contribution in [1.82, 2.24) is 0 Å². The molecule has 1 nitrogen and oxygen atoms in total. The van der Waals surface area contributed by atoms with Gasteiger partial charge in [-0.05, 0) is 42.0 Å². The van der Waals surface area contributed by atoms with Gasteiger partial charge in [-0.3, -0.25) is 0 Å². The zero-order valence-electron chi connectivity index (χ0n) is 14.4. The van der Waals surface area contributed by atoms with Crippen LogP contribution in [0, 0.1) is 6.92 Å². The van der Waals surface area contributed by atoms with Gasteiger partial charge >= 0.3 is 7.63 Å². The monoisotopic (exact) mass is 312 g/mol. The predicted octanol–water partition coefficient (Wildman–Crippen LogP) is 5.91. The van der Waals surface area contributed by atoms with E-state index in [1.54, 1.807) is 0 Å². The normalized spacial score (nSPS) is 13.5. The minimum absolute atomic E-state index is 0.0396. The molecule has 0 aliphatic carbocycles. The van der Waals surface area contributed by atoms with Crippen molar-refractivity contribution in [3.63, 3.8) is 0 Å². The molecule has 1 aromatic rings. The second kappa shape index (κ2) is 5.38. The summed E-state index contributed by atoms with van der Waals surface area (Å²) in [5, 5.41) is 0. The van der Waals surface area contributed by atoms with Crippen LogP contribution in [0.15, 0.2) is 12.1 Å². The van der Waals surface area contributed by atoms with Crippen LogP contribution in [-0.2, 0) is 10.8 Å². The van der Waals surface area contributed by atoms with E-state index in [-0.39, 0.29) is 10.8 Å². The first-order valence-corrected chi connectivity index (χ1v) is 11.2. The summed E-state index contributed by atoms with van der Waals surface area (Å²) in [4.78, 5) is 0. The van der Waals surface area contributed by atoms with Gasteiger partial charge in [-0.25, -0.2) is 0 Å². The van der Waals surface area contributed by atoms with Crippen molar-refractivity contribution in [3.8, 4) is 5.75 Å². The summed E-state index contributed by atoms with van der Waals surface area (Å²) in [5.74, 6) is 1.00. The maximum Gasteiger partial charge on any atom is 0.341 e. The molecule has 0 aliphatic heterocycles. The Kier molecular flexibility index (Phi) is 4.73. The maximum atomic E-state index is 6.47. The molecule has 1 rings (SSSR count). The van der Waals surface area contributed by atoms with E-state index in [4.69, 9.17) is 15.5 Å². The molecule has 0 aromatic heterocycles. The zero-order valence-corrected chi connectivity index (χ0v) is 16.2. The average Bonchev–Trinajstić information content (AvgIpc) is 2.14. The van der Waals surface area contributed by atoms with Crippen molar-refractivity contribution in [3.05, 3.63) is 28.8 Å². The molecule has 0 atom stereocenters. The Hall–Kier alpha value is -0.473. The number of aryl methyl sites for hydroxylation is 1. The van der Waals surface area contributed by atoms with Crippen molar-refractivity contribution in [1.29, 1.82) is 0 Å². The van der Waals surface area contributed by atoms with Gasteiger partial charge in [-0.2, -0.15) is 0 Å². The Morgan fingerprint density at radius 2 is 1.25 bits per heavy atom. The summed E-state index contributed by atoms with van der Waals surface area (Å²) in [6.45, 7) is 19.5. The van der Waals surface area contributed by atoms with Crippen molar-refractivity contribution >= 4 is 18.7 Å². The van der Waals surface area contributed by atoms with Gasteiger partial charge in [-0.1, -0.05) is 59.2 Å². The molecule has 0 unspecified atom stereocenters. The highest BCUT2D eigenvalue weighted by Crippen LogP contribution is 2.41. The number of benzene rings is 1. The summed E-state index contributed by atoms with van der Waals surface area (Å²) in [7, 11) is -2.16. The van der Waals surface area contributed by atoms with E-state index in [0.717, 1.165) is 5.75 Å². The van der Waals surface area contributed by atoms with Crippen LogP contribution in [0.5, 0.6) is 5.75 Å². The van der Waals surface area contributed by atoms with Crippen molar-refractivity contribution in [2.24, 2.45) is 0 Å². The fraction of sp³-hybridized carbons (Fsp3) is 0.647. The van der Waals surface area contributed by atoms with Gasteiger partial charge in [0.15, 0.2) is 0 Å². The zero-order chi connectivity index (χ0) is 15.9. The standard InChI is InChI=1S/C17H29ClOSi/c1-12-10-13(16(2,3)4)15(19-20(8,9)18)14(11-12)17(5,6)7/h10-11H,1-9H3. The highest BCUT2D eigenvalue weighted by Gasteiger charge is 2.31. The van der Waals surface area contributed by atoms with Crippen LogP contribution in [0.1, 0.15) is 58.2 Å². The molecular formula is C17H29ClOSi. The molecule has 114 valence electrons. The summed E-state index contributed by atoms with van der Waals surface area (Å²) >= 11 is 6.47. The Balaban J connectivity index is 3.63. The van der Waals surface area contributed by atoms with Crippen LogP contribution >= 0.6 is 11.1 Å². The Labute approximate surface area is 130 Å². The molecule has 0 saturated carbocycles. The van der Waals surface area contributed by atoms with Crippen LogP contribution in [0.4, 0.5) is 0 Å². The van der Waals surface area contributed by atoms with Crippen molar-refractivity contribution in [2.75, 3.05) is 0 Å². The molecular weight excluding hydrogens is 284 g/mol. The third kappa shape index (κ3) is 4.52. The highest BCUT2D eigenvalue weighted by atomic mass is 35.6. The Morgan fingerprint density at radius 1 is 0.900 bits per heavy atom. The molecule has 0 radical (unpaired) electrons. The largest absolute Gasteiger partial charge is 0.529 e. The Bertz CT molecular complexity index is 452. The van der Waals surface area contributed by atoms with Gasteiger partial charge in [0.05, 0.1) is 0 Å². The van der Waals surface area contributed by atoms with E-state index in [1.807, 2.05) is 13.1 Å². The first kappa shape index (κ1) is 17.6. The van der Waals surface area contributed by atoms with Crippen LogP contribution < -0.4 is 4.43 Å². The van der Waals surface area contributed by atoms with Crippen LogP contribution in [0.2, 0.25) is 13.1 Å². The van der Waals surface area contributed by atoms with Gasteiger partial charge in [0, 0.05) is 0 Å². The highest BCUT2D eigenvalue weighted by molar-refractivity contribution is 7.15. The third-order valence-electron chi connectivity index (χ3n) is 3.19. The lowest BCUT2D eigenvalue weighted by Crippen LogP contribution is -2.30. The number of halogens is 1. The molecule has 0 amide bonds. The molecule has 3 heteroatoms. The molecule has 0 bridgehead atoms. The van der Waals surface area contributed by atoms with E-state index in [0.29, 0.717) is 0 Å². The van der Waals surface area contributed by atoms with E-state index in [1.165, 1.54) is 16.7 Å². The first-order valence-electron chi connectivity index (χ1n) is 7.25. The molecule has 0 N–H and O–H groups in total. The van der Waals surface area contributed by atoms with Gasteiger partial charge in [0.1, 0.15) is 5.75 Å². The van der Waals surface area contributed by atoms with Crippen molar-refractivity contribution < 1.29 is 4.43 Å². The smallest absolute Gasteiger partial charge is 0.341 e. The maximum absolute atomic E-state index is 6.47. The minimum atomic E-state index is -2.16. The molecule has 0 saturated heterocycles. The predicted molar refractivity (Wildman–Crippen MR) is 92.5 cm³/mol. The SMILES string of the molecule is Cc1cc(C(C)(C)C)c(O[Si](C)(C)Cl)c(C(C)(C)C)c1. The van der Waals surface area contributed by atoms with Gasteiger partial charge in [0.2, 0.25) is 0 Å². The van der Waals surface area contributed by atoms with Crippen LogP contribution in [-0.4, -0.2) is 7.63 Å². The topological polar surface area (TPSA) is 9.23 Å². The lowest BCUT2D eigenvalue weighted by atomic mass is 9.78. The molecule has 0 heterocycles. The molecule has 0 spiro atoms. The van der Waals surface area contributed by atoms with Crippen LogP contribution in [0.25, 0.3) is 0 Å². The van der Waals surface area contributed by atoms with E-state index in [9.17, 15) is 0 Å². The lowest BCUT2D eigenvalue weighted by Gasteiger charge is -2.33. The second-order valence-electron chi connectivity index (χ2n) is 8.15. The molecule has 0 fully saturated rings. The summed E-state index contributed by atoms with van der Waals surface area (Å²) < 4.78 is 6.28. The van der Waals surface area contributed by atoms with Gasteiger partial charge in [-0.15, -0.1) is 11.1 Å². The quantitative estimate of drug-likeness (QED) is 0.487. The fourth-order valence-electron chi connectivity index (χ4n) is 2.24. The summed E-state index contributed by atoms with van der Waals surface area (Å²) in [6.07, 6.45) is 0. The third-order valence-corrected chi connectivity index (χ3v) is 4.12. The molecule has 0 aliphatic rings. The molecule has 20 heavy (non-hydrogen) atoms. The summed E-state index contributed by atoms with van der Waals surface area (Å²) in [5.41, 5.74) is 3.86. The van der Waals surface area contributed by atoms with Crippen molar-refractivity contribution in [2.45, 2.75) is 72.4 Å². The molecule has 1 aromatic carbocycles. The average molecular weight is 313 g/mol. The first-order chi connectivity index (χ1) is 8.72. The number of hydrogen-bond donors (Lipinski definition) is 0. The van der Waals surface area contributed by atoms with E-state index < -0.39 is 7.63 Å². The fourth-order valence-corrected chi connectivity index (χ4v) is 3.18. The lowest BCUT2D eigenvalue weighted by molar-refractivity contribution is 0.483. The summed E-state index contributed by atoms with van der Waals surface area (Å²) in [6, 6.07) is 4.48. The van der Waals surface area contributed by atoms with E-state index >= 15 is 0 Å². The second-order valence-corrected chi connectivity index (χ2v) is 13.8. The van der Waals surface area contributed by atoms with Crippen LogP contribution in [0.3, 0.4) is 0 Å². The van der Waals surface area contributed by atoms with Gasteiger partial charge < -0.3 is 4.43 Å². The number of rotatable bonds is 2. The van der Waals surface area contributed by atoms with Gasteiger partial charge in [0.25, 0.3) is 0 Å². The van der Waals surface area contributed by atoms with E-state index in [2.05, 4.69) is 60.6 Å².